The highest BCUT2D eigenvalue weighted by molar-refractivity contribution is 7.98. The molecule has 96 valence electrons. The van der Waals surface area contributed by atoms with Crippen molar-refractivity contribution in [2.45, 2.75) is 37.5 Å². The number of anilines is 1. The molecule has 0 unspecified atom stereocenters. The molecule has 0 amide bonds. The third-order valence-corrected chi connectivity index (χ3v) is 3.97. The summed E-state index contributed by atoms with van der Waals surface area (Å²) in [5.41, 5.74) is 8.99. The van der Waals surface area contributed by atoms with Crippen LogP contribution in [0.4, 0.5) is 5.69 Å². The number of benzene rings is 1. The van der Waals surface area contributed by atoms with Gasteiger partial charge in [0.1, 0.15) is 0 Å². The molecule has 0 aliphatic rings. The topological polar surface area (TPSA) is 43.8 Å². The lowest BCUT2D eigenvalue weighted by Crippen LogP contribution is -2.01. The molecule has 1 heterocycles. The second kappa shape index (κ2) is 5.48. The minimum Gasteiger partial charge on any atom is -0.399 e. The van der Waals surface area contributed by atoms with Gasteiger partial charge in [-0.05, 0) is 44.5 Å². The monoisotopic (exact) mass is 261 g/mol. The van der Waals surface area contributed by atoms with E-state index in [1.54, 1.807) is 11.8 Å². The van der Waals surface area contributed by atoms with Gasteiger partial charge >= 0.3 is 0 Å². The van der Waals surface area contributed by atoms with Crippen molar-refractivity contribution in [2.75, 3.05) is 5.73 Å². The van der Waals surface area contributed by atoms with Gasteiger partial charge in [-0.25, -0.2) is 0 Å². The summed E-state index contributed by atoms with van der Waals surface area (Å²) < 4.78 is 1.99. The van der Waals surface area contributed by atoms with Crippen LogP contribution in [0.1, 0.15) is 31.1 Å². The van der Waals surface area contributed by atoms with E-state index in [1.165, 1.54) is 10.5 Å². The zero-order chi connectivity index (χ0) is 13.1. The highest BCUT2D eigenvalue weighted by Crippen LogP contribution is 2.27. The van der Waals surface area contributed by atoms with Gasteiger partial charge in [0.15, 0.2) is 0 Å². The molecule has 0 saturated heterocycles. The van der Waals surface area contributed by atoms with E-state index in [1.807, 2.05) is 23.0 Å². The molecule has 1 aromatic carbocycles. The van der Waals surface area contributed by atoms with Gasteiger partial charge in [0.2, 0.25) is 0 Å². The van der Waals surface area contributed by atoms with E-state index in [0.717, 1.165) is 17.1 Å². The molecule has 0 aliphatic carbocycles. The van der Waals surface area contributed by atoms with Gasteiger partial charge < -0.3 is 5.73 Å². The van der Waals surface area contributed by atoms with Gasteiger partial charge in [-0.1, -0.05) is 6.07 Å². The van der Waals surface area contributed by atoms with Crippen LogP contribution in [0, 0.1) is 6.92 Å². The Balaban J connectivity index is 2.04. The normalized spacial score (nSPS) is 11.1. The number of hydrogen-bond donors (Lipinski definition) is 1. The third-order valence-electron chi connectivity index (χ3n) is 2.78. The average molecular weight is 261 g/mol. The maximum atomic E-state index is 5.81. The molecule has 0 saturated carbocycles. The minimum absolute atomic E-state index is 0.415. The van der Waals surface area contributed by atoms with Crippen molar-refractivity contribution in [1.82, 2.24) is 9.78 Å². The van der Waals surface area contributed by atoms with Crippen LogP contribution in [-0.2, 0) is 5.75 Å². The van der Waals surface area contributed by atoms with Gasteiger partial charge in [0.05, 0.1) is 5.69 Å². The molecule has 2 aromatic rings. The summed E-state index contributed by atoms with van der Waals surface area (Å²) in [6.07, 6.45) is 2.03. The lowest BCUT2D eigenvalue weighted by Gasteiger charge is -2.06. The summed E-state index contributed by atoms with van der Waals surface area (Å²) >= 11 is 1.78. The number of hydrogen-bond acceptors (Lipinski definition) is 3. The Morgan fingerprint density at radius 3 is 2.78 bits per heavy atom. The van der Waals surface area contributed by atoms with Crippen molar-refractivity contribution >= 4 is 17.4 Å². The van der Waals surface area contributed by atoms with E-state index in [2.05, 4.69) is 38.0 Å². The smallest absolute Gasteiger partial charge is 0.0727 e. The number of nitrogens with two attached hydrogens (primary N) is 1. The average Bonchev–Trinajstić information content (AvgIpc) is 2.79. The van der Waals surface area contributed by atoms with Crippen LogP contribution in [-0.4, -0.2) is 9.78 Å². The molecule has 0 spiro atoms. The van der Waals surface area contributed by atoms with Crippen molar-refractivity contribution in [2.24, 2.45) is 0 Å². The zero-order valence-corrected chi connectivity index (χ0v) is 11.9. The first-order valence-electron chi connectivity index (χ1n) is 6.09. The van der Waals surface area contributed by atoms with Crippen molar-refractivity contribution < 1.29 is 0 Å². The summed E-state index contributed by atoms with van der Waals surface area (Å²) in [5.74, 6) is 0.879. The van der Waals surface area contributed by atoms with E-state index >= 15 is 0 Å². The summed E-state index contributed by atoms with van der Waals surface area (Å²) in [6.45, 7) is 6.37. The number of rotatable bonds is 4. The summed E-state index contributed by atoms with van der Waals surface area (Å²) in [6, 6.07) is 8.52. The Bertz CT molecular complexity index is 532. The molecule has 0 bridgehead atoms. The van der Waals surface area contributed by atoms with Crippen molar-refractivity contribution in [1.29, 1.82) is 0 Å². The molecule has 1 aromatic heterocycles. The number of aryl methyl sites for hydroxylation is 1. The van der Waals surface area contributed by atoms with Crippen molar-refractivity contribution in [3.63, 3.8) is 0 Å². The second-order valence-corrected chi connectivity index (χ2v) is 5.71. The first-order valence-corrected chi connectivity index (χ1v) is 7.08. The molecular weight excluding hydrogens is 242 g/mol. The van der Waals surface area contributed by atoms with Crippen LogP contribution < -0.4 is 5.73 Å². The quantitative estimate of drug-likeness (QED) is 0.675. The highest BCUT2D eigenvalue weighted by atomic mass is 32.2. The van der Waals surface area contributed by atoms with Crippen LogP contribution in [0.5, 0.6) is 0 Å². The minimum atomic E-state index is 0.415. The molecule has 0 fully saturated rings. The predicted octanol–water partition coefficient (Wildman–Crippen LogP) is 3.65. The first-order chi connectivity index (χ1) is 8.56. The van der Waals surface area contributed by atoms with Gasteiger partial charge in [-0.3, -0.25) is 4.68 Å². The summed E-state index contributed by atoms with van der Waals surface area (Å²) in [4.78, 5) is 1.23. The van der Waals surface area contributed by atoms with E-state index in [9.17, 15) is 0 Å². The fraction of sp³-hybridized carbons (Fsp3) is 0.357. The maximum Gasteiger partial charge on any atom is 0.0727 e. The lowest BCUT2D eigenvalue weighted by atomic mass is 10.2. The molecule has 0 atom stereocenters. The first kappa shape index (κ1) is 13.0. The zero-order valence-electron chi connectivity index (χ0n) is 11.1. The summed E-state index contributed by atoms with van der Waals surface area (Å²) in [7, 11) is 0. The molecule has 0 radical (unpaired) electrons. The maximum absolute atomic E-state index is 5.81. The Hall–Kier alpha value is -1.42. The van der Waals surface area contributed by atoms with Crippen LogP contribution in [0.25, 0.3) is 0 Å². The molecule has 4 heteroatoms. The Labute approximate surface area is 112 Å². The van der Waals surface area contributed by atoms with Crippen LogP contribution in [0.3, 0.4) is 0 Å². The molecule has 3 nitrogen and oxygen atoms in total. The SMILES string of the molecule is Cc1ccc(N)cc1SCc1ccn(C(C)C)n1. The number of nitrogen functional groups attached to an aromatic ring is 1. The van der Waals surface area contributed by atoms with Crippen LogP contribution in [0.15, 0.2) is 35.4 Å². The molecule has 18 heavy (non-hydrogen) atoms. The molecular formula is C14H19N3S. The number of nitrogens with zero attached hydrogens (tertiary/aromatic N) is 2. The molecule has 0 aliphatic heterocycles. The fourth-order valence-corrected chi connectivity index (χ4v) is 2.64. The summed E-state index contributed by atoms with van der Waals surface area (Å²) in [5, 5.41) is 4.54. The Kier molecular flexibility index (Phi) is 3.97. The van der Waals surface area contributed by atoms with Gasteiger partial charge in [-0.2, -0.15) is 5.10 Å². The van der Waals surface area contributed by atoms with Gasteiger partial charge in [-0.15, -0.1) is 11.8 Å². The van der Waals surface area contributed by atoms with Crippen LogP contribution >= 0.6 is 11.8 Å². The standard InChI is InChI=1S/C14H19N3S/c1-10(2)17-7-6-13(16-17)9-18-14-8-12(15)5-4-11(14)3/h4-8,10H,9,15H2,1-3H3. The van der Waals surface area contributed by atoms with Crippen molar-refractivity contribution in [3.05, 3.63) is 41.7 Å². The van der Waals surface area contributed by atoms with Gasteiger partial charge in [0.25, 0.3) is 0 Å². The van der Waals surface area contributed by atoms with Crippen LogP contribution in [0.2, 0.25) is 0 Å². The second-order valence-electron chi connectivity index (χ2n) is 4.69. The van der Waals surface area contributed by atoms with E-state index in [-0.39, 0.29) is 0 Å². The third kappa shape index (κ3) is 3.07. The lowest BCUT2D eigenvalue weighted by molar-refractivity contribution is 0.529. The number of aromatic nitrogens is 2. The Morgan fingerprint density at radius 2 is 2.11 bits per heavy atom. The van der Waals surface area contributed by atoms with Crippen molar-refractivity contribution in [3.8, 4) is 0 Å². The van der Waals surface area contributed by atoms with E-state index < -0.39 is 0 Å². The number of thioether (sulfide) groups is 1. The predicted molar refractivity (Wildman–Crippen MR) is 77.8 cm³/mol. The Morgan fingerprint density at radius 1 is 1.33 bits per heavy atom. The van der Waals surface area contributed by atoms with E-state index in [4.69, 9.17) is 5.73 Å². The van der Waals surface area contributed by atoms with E-state index in [0.29, 0.717) is 6.04 Å². The molecule has 2 N–H and O–H groups in total. The molecule has 2 rings (SSSR count). The largest absolute Gasteiger partial charge is 0.399 e. The fourth-order valence-electron chi connectivity index (χ4n) is 1.67. The highest BCUT2D eigenvalue weighted by Gasteiger charge is 2.05. The van der Waals surface area contributed by atoms with Gasteiger partial charge in [0, 0.05) is 28.6 Å².